The van der Waals surface area contributed by atoms with Gasteiger partial charge in [-0.05, 0) is 30.7 Å². The molecule has 152 valence electrons. The molecule has 0 fully saturated rings. The van der Waals surface area contributed by atoms with Crippen LogP contribution in [0.15, 0.2) is 48.2 Å². The summed E-state index contributed by atoms with van der Waals surface area (Å²) in [5.41, 5.74) is 0.904. The van der Waals surface area contributed by atoms with E-state index in [1.807, 2.05) is 6.07 Å². The van der Waals surface area contributed by atoms with E-state index in [0.29, 0.717) is 16.5 Å². The summed E-state index contributed by atoms with van der Waals surface area (Å²) >= 11 is 1.28. The van der Waals surface area contributed by atoms with Gasteiger partial charge in [-0.3, -0.25) is 20.2 Å². The van der Waals surface area contributed by atoms with E-state index in [-0.39, 0.29) is 11.3 Å². The lowest BCUT2D eigenvalue weighted by Crippen LogP contribution is -2.13. The number of carbonyl (C=O) groups is 1. The van der Waals surface area contributed by atoms with E-state index in [4.69, 9.17) is 0 Å². The van der Waals surface area contributed by atoms with E-state index in [9.17, 15) is 20.2 Å². The van der Waals surface area contributed by atoms with E-state index in [2.05, 4.69) is 22.4 Å². The zero-order valence-corrected chi connectivity index (χ0v) is 16.9. The van der Waals surface area contributed by atoms with Crippen molar-refractivity contribution in [2.24, 2.45) is 0 Å². The molecule has 30 heavy (non-hydrogen) atoms. The minimum absolute atomic E-state index is 0.0514. The Morgan fingerprint density at radius 1 is 1.37 bits per heavy atom. The van der Waals surface area contributed by atoms with Crippen LogP contribution in [0.5, 0.6) is 0 Å². The summed E-state index contributed by atoms with van der Waals surface area (Å²) in [5, 5.41) is 32.2. The molecule has 3 rings (SSSR count). The van der Waals surface area contributed by atoms with Crippen LogP contribution in [0.3, 0.4) is 0 Å². The van der Waals surface area contributed by atoms with Crippen molar-refractivity contribution in [1.82, 2.24) is 14.8 Å². The number of unbranched alkanes of at least 4 members (excludes halogenated alkanes) is 1. The second-order valence-electron chi connectivity index (χ2n) is 6.31. The number of hydrogen-bond acceptors (Lipinski definition) is 7. The van der Waals surface area contributed by atoms with Crippen LogP contribution in [-0.2, 0) is 11.2 Å². The molecule has 0 unspecified atom stereocenters. The van der Waals surface area contributed by atoms with Gasteiger partial charge in [0.25, 0.3) is 11.6 Å². The van der Waals surface area contributed by atoms with Gasteiger partial charge in [0.05, 0.1) is 10.6 Å². The number of anilines is 1. The maximum Gasteiger partial charge on any atom is 0.271 e. The van der Waals surface area contributed by atoms with Crippen molar-refractivity contribution in [3.05, 3.63) is 69.0 Å². The van der Waals surface area contributed by atoms with E-state index in [1.54, 1.807) is 35.0 Å². The molecule has 9 nitrogen and oxygen atoms in total. The molecule has 0 radical (unpaired) electrons. The molecule has 0 bridgehead atoms. The van der Waals surface area contributed by atoms with Gasteiger partial charge < -0.3 is 4.57 Å². The number of nitriles is 1. The fourth-order valence-corrected chi connectivity index (χ4v) is 3.47. The summed E-state index contributed by atoms with van der Waals surface area (Å²) in [6, 6.07) is 11.4. The van der Waals surface area contributed by atoms with E-state index in [0.717, 1.165) is 24.3 Å². The van der Waals surface area contributed by atoms with Gasteiger partial charge >= 0.3 is 0 Å². The number of aromatic nitrogens is 3. The van der Waals surface area contributed by atoms with Crippen LogP contribution in [0.2, 0.25) is 0 Å². The smallest absolute Gasteiger partial charge is 0.271 e. The largest absolute Gasteiger partial charge is 0.317 e. The molecular weight excluding hydrogens is 404 g/mol. The van der Waals surface area contributed by atoms with Crippen LogP contribution >= 0.6 is 11.3 Å². The molecule has 0 aliphatic carbocycles. The molecule has 0 aliphatic heterocycles. The predicted octanol–water partition coefficient (Wildman–Crippen LogP) is 4.13. The Kier molecular flexibility index (Phi) is 6.67. The highest BCUT2D eigenvalue weighted by molar-refractivity contribution is 7.15. The molecule has 0 saturated heterocycles. The average molecular weight is 422 g/mol. The average Bonchev–Trinajstić information content (AvgIpc) is 3.39. The number of nitrogens with zero attached hydrogens (tertiary/aromatic N) is 5. The molecule has 10 heteroatoms. The molecule has 1 N–H and O–H groups in total. The molecule has 0 saturated carbocycles. The summed E-state index contributed by atoms with van der Waals surface area (Å²) in [5.74, 6) is -0.595. The first-order valence-electron chi connectivity index (χ1n) is 9.19. The van der Waals surface area contributed by atoms with Crippen LogP contribution in [0, 0.1) is 21.4 Å². The Hall–Kier alpha value is -3.84. The predicted molar refractivity (Wildman–Crippen MR) is 113 cm³/mol. The minimum Gasteiger partial charge on any atom is -0.317 e. The van der Waals surface area contributed by atoms with Gasteiger partial charge in [-0.1, -0.05) is 30.7 Å². The summed E-state index contributed by atoms with van der Waals surface area (Å²) in [7, 11) is 0. The lowest BCUT2D eigenvalue weighted by Gasteiger charge is -2.07. The first kappa shape index (κ1) is 20.9. The Labute approximate surface area is 176 Å². The van der Waals surface area contributed by atoms with Gasteiger partial charge in [0.15, 0.2) is 0 Å². The zero-order valence-electron chi connectivity index (χ0n) is 16.1. The number of hydrogen-bond donors (Lipinski definition) is 1. The number of aryl methyl sites for hydroxylation is 1. The fourth-order valence-electron chi connectivity index (χ4n) is 2.70. The van der Waals surface area contributed by atoms with Crippen LogP contribution in [-0.4, -0.2) is 25.6 Å². The minimum atomic E-state index is -0.595. The standard InChI is InChI=1S/C20H18N6O3S/c1-2-3-9-18-23-24-20(30-18)22-19(27)14(13-21)11-15-8-5-10-25(15)16-6-4-7-17(12-16)26(28)29/h4-8,10-12H,2-3,9H2,1H3,(H,22,24,27)/b14-11-. The maximum atomic E-state index is 12.5. The maximum absolute atomic E-state index is 12.5. The number of rotatable bonds is 8. The molecule has 1 amide bonds. The number of nitro benzene ring substituents is 1. The lowest BCUT2D eigenvalue weighted by molar-refractivity contribution is -0.384. The molecule has 0 aliphatic rings. The number of benzene rings is 1. The summed E-state index contributed by atoms with van der Waals surface area (Å²) in [6.07, 6.45) is 5.94. The van der Waals surface area contributed by atoms with Crippen molar-refractivity contribution in [1.29, 1.82) is 5.26 Å². The van der Waals surface area contributed by atoms with Gasteiger partial charge in [0, 0.05) is 30.4 Å². The zero-order chi connectivity index (χ0) is 21.5. The second-order valence-corrected chi connectivity index (χ2v) is 7.37. The molecule has 0 atom stereocenters. The van der Waals surface area contributed by atoms with E-state index < -0.39 is 10.8 Å². The molecule has 2 aromatic heterocycles. The van der Waals surface area contributed by atoms with Crippen LogP contribution < -0.4 is 5.32 Å². The van der Waals surface area contributed by atoms with Crippen LogP contribution in [0.1, 0.15) is 30.5 Å². The molecular formula is C20H18N6O3S. The third-order valence-electron chi connectivity index (χ3n) is 4.19. The monoisotopic (exact) mass is 422 g/mol. The van der Waals surface area contributed by atoms with Crippen molar-refractivity contribution >= 4 is 34.1 Å². The van der Waals surface area contributed by atoms with Crippen molar-refractivity contribution in [2.75, 3.05) is 5.32 Å². The molecule has 1 aromatic carbocycles. The summed E-state index contributed by atoms with van der Waals surface area (Å²) in [6.45, 7) is 2.08. The summed E-state index contributed by atoms with van der Waals surface area (Å²) in [4.78, 5) is 23.1. The second kappa shape index (κ2) is 9.58. The molecule has 0 spiro atoms. The van der Waals surface area contributed by atoms with Gasteiger partial charge in [-0.25, -0.2) is 0 Å². The number of nitro groups is 1. The van der Waals surface area contributed by atoms with Gasteiger partial charge in [0.2, 0.25) is 5.13 Å². The molecule has 3 aromatic rings. The highest BCUT2D eigenvalue weighted by Crippen LogP contribution is 2.21. The van der Waals surface area contributed by atoms with Crippen molar-refractivity contribution in [3.63, 3.8) is 0 Å². The number of nitrogens with one attached hydrogen (secondary N) is 1. The third kappa shape index (κ3) is 4.95. The van der Waals surface area contributed by atoms with Crippen LogP contribution in [0.25, 0.3) is 11.8 Å². The van der Waals surface area contributed by atoms with Gasteiger partial charge in [0.1, 0.15) is 16.6 Å². The normalized spacial score (nSPS) is 11.1. The first-order chi connectivity index (χ1) is 14.5. The quantitative estimate of drug-likeness (QED) is 0.252. The lowest BCUT2D eigenvalue weighted by atomic mass is 10.2. The van der Waals surface area contributed by atoms with Gasteiger partial charge in [-0.2, -0.15) is 5.26 Å². The Morgan fingerprint density at radius 3 is 2.93 bits per heavy atom. The van der Waals surface area contributed by atoms with E-state index >= 15 is 0 Å². The SMILES string of the molecule is CCCCc1nnc(NC(=O)/C(C#N)=C\c2cccn2-c2cccc([N+](=O)[O-])c2)s1. The van der Waals surface area contributed by atoms with E-state index in [1.165, 1.54) is 29.5 Å². The number of amides is 1. The van der Waals surface area contributed by atoms with Gasteiger partial charge in [-0.15, -0.1) is 10.2 Å². The topological polar surface area (TPSA) is 127 Å². The highest BCUT2D eigenvalue weighted by Gasteiger charge is 2.15. The van der Waals surface area contributed by atoms with Crippen molar-refractivity contribution in [3.8, 4) is 11.8 Å². The number of non-ortho nitro benzene ring substituents is 1. The number of carbonyl (C=O) groups excluding carboxylic acids is 1. The highest BCUT2D eigenvalue weighted by atomic mass is 32.1. The molecule has 2 heterocycles. The first-order valence-corrected chi connectivity index (χ1v) is 10.0. The van der Waals surface area contributed by atoms with Crippen molar-refractivity contribution in [2.45, 2.75) is 26.2 Å². The Balaban J connectivity index is 1.82. The Bertz CT molecular complexity index is 1140. The Morgan fingerprint density at radius 2 is 2.20 bits per heavy atom. The van der Waals surface area contributed by atoms with Crippen molar-refractivity contribution < 1.29 is 9.72 Å². The van der Waals surface area contributed by atoms with Crippen LogP contribution in [0.4, 0.5) is 10.8 Å². The fraction of sp³-hybridized carbons (Fsp3) is 0.200. The summed E-state index contributed by atoms with van der Waals surface area (Å²) < 4.78 is 1.66. The third-order valence-corrected chi connectivity index (χ3v) is 5.09.